The average molecular weight is 336 g/mol. The van der Waals surface area contributed by atoms with Gasteiger partial charge in [0, 0.05) is 12.8 Å². The molecule has 4 amide bonds. The normalized spacial score (nSPS) is 22.5. The molecule has 0 aromatic heterocycles. The first-order valence-corrected chi connectivity index (χ1v) is 7.20. The number of hydrogen-bond donors (Lipinski definition) is 1. The van der Waals surface area contributed by atoms with Crippen molar-refractivity contribution in [2.45, 2.75) is 24.5 Å². The lowest BCUT2D eigenvalue weighted by molar-refractivity contribution is -0.198. The number of nitrogens with zero attached hydrogens (tertiary/aromatic N) is 2. The van der Waals surface area contributed by atoms with Gasteiger partial charge < -0.3 is 0 Å². The summed E-state index contributed by atoms with van der Waals surface area (Å²) in [6.45, 7) is 0. The summed E-state index contributed by atoms with van der Waals surface area (Å²) in [5.74, 6) is -4.36. The van der Waals surface area contributed by atoms with Gasteiger partial charge >= 0.3 is 6.16 Å². The molecule has 2 saturated heterocycles. The Morgan fingerprint density at radius 2 is 1.50 bits per heavy atom. The summed E-state index contributed by atoms with van der Waals surface area (Å²) in [5, 5.41) is -2.21. The van der Waals surface area contributed by atoms with Crippen molar-refractivity contribution in [1.29, 1.82) is 0 Å². The second kappa shape index (κ2) is 5.34. The predicted octanol–water partition coefficient (Wildman–Crippen LogP) is -1.87. The summed E-state index contributed by atoms with van der Waals surface area (Å²) >= 11 is 0. The van der Waals surface area contributed by atoms with E-state index in [1.807, 2.05) is 0 Å². The van der Waals surface area contributed by atoms with Gasteiger partial charge in [-0.15, -0.1) is 0 Å². The zero-order valence-electron chi connectivity index (χ0n) is 10.6. The van der Waals surface area contributed by atoms with Gasteiger partial charge in [-0.25, -0.2) is 0 Å². The Kier molecular flexibility index (Phi) is 3.85. The predicted molar refractivity (Wildman–Crippen MR) is 60.5 cm³/mol. The van der Waals surface area contributed by atoms with Gasteiger partial charge in [0.2, 0.25) is 0 Å². The average Bonchev–Trinajstić information content (AvgIpc) is 2.85. The number of hydroxylamine groups is 4. The number of rotatable bonds is 3. The molecule has 0 aromatic rings. The number of carbonyl (C=O) groups is 5. The van der Waals surface area contributed by atoms with Gasteiger partial charge in [0.1, 0.15) is 0 Å². The molecule has 0 aromatic carbocycles. The van der Waals surface area contributed by atoms with Crippen LogP contribution in [-0.4, -0.2) is 58.1 Å². The molecule has 1 atom stereocenters. The molecule has 0 spiro atoms. The highest BCUT2D eigenvalue weighted by Gasteiger charge is 2.49. The van der Waals surface area contributed by atoms with Crippen molar-refractivity contribution in [1.82, 2.24) is 10.1 Å². The first kappa shape index (κ1) is 15.8. The SMILES string of the molecule is O=C(ON1C(=O)CCC1=O)ON1C(=O)CC(S(=O)(=O)O)C1=O. The molecule has 0 radical (unpaired) electrons. The minimum absolute atomic E-state index is 0.105. The Hall–Kier alpha value is -2.54. The Morgan fingerprint density at radius 3 is 1.95 bits per heavy atom. The van der Waals surface area contributed by atoms with Crippen LogP contribution in [0.2, 0.25) is 0 Å². The van der Waals surface area contributed by atoms with Crippen LogP contribution in [0.4, 0.5) is 4.79 Å². The zero-order chi connectivity index (χ0) is 16.7. The molecule has 13 heteroatoms. The van der Waals surface area contributed by atoms with Crippen LogP contribution in [0.15, 0.2) is 0 Å². The van der Waals surface area contributed by atoms with Crippen molar-refractivity contribution in [2.24, 2.45) is 0 Å². The third-order valence-electron chi connectivity index (χ3n) is 2.76. The second-order valence-corrected chi connectivity index (χ2v) is 5.85. The molecule has 12 nitrogen and oxygen atoms in total. The summed E-state index contributed by atoms with van der Waals surface area (Å²) in [5.41, 5.74) is 0. The Bertz CT molecular complexity index is 667. The maximum absolute atomic E-state index is 11.5. The summed E-state index contributed by atoms with van der Waals surface area (Å²) in [6, 6.07) is 0. The van der Waals surface area contributed by atoms with E-state index in [-0.39, 0.29) is 23.0 Å². The molecule has 22 heavy (non-hydrogen) atoms. The third kappa shape index (κ3) is 2.89. The number of amides is 4. The minimum Gasteiger partial charge on any atom is -0.293 e. The lowest BCUT2D eigenvalue weighted by Gasteiger charge is -2.15. The Balaban J connectivity index is 2.03. The molecule has 1 N–H and O–H groups in total. The molecule has 1 unspecified atom stereocenters. The lowest BCUT2D eigenvalue weighted by Crippen LogP contribution is -2.39. The second-order valence-electron chi connectivity index (χ2n) is 4.25. The van der Waals surface area contributed by atoms with E-state index < -0.39 is 51.6 Å². The molecule has 0 saturated carbocycles. The van der Waals surface area contributed by atoms with Crippen molar-refractivity contribution in [2.75, 3.05) is 0 Å². The zero-order valence-corrected chi connectivity index (χ0v) is 11.4. The van der Waals surface area contributed by atoms with Gasteiger partial charge in [-0.1, -0.05) is 10.1 Å². The van der Waals surface area contributed by atoms with Crippen LogP contribution in [0.3, 0.4) is 0 Å². The van der Waals surface area contributed by atoms with Crippen molar-refractivity contribution in [3.63, 3.8) is 0 Å². The van der Waals surface area contributed by atoms with E-state index in [0.717, 1.165) is 0 Å². The number of hydrogen-bond acceptors (Lipinski definition) is 9. The molecule has 2 aliphatic heterocycles. The molecular weight excluding hydrogens is 328 g/mol. The van der Waals surface area contributed by atoms with E-state index in [9.17, 15) is 32.4 Å². The number of carbonyl (C=O) groups excluding carboxylic acids is 5. The minimum atomic E-state index is -4.86. The van der Waals surface area contributed by atoms with Crippen LogP contribution >= 0.6 is 0 Å². The van der Waals surface area contributed by atoms with Gasteiger partial charge in [0.05, 0.1) is 6.42 Å². The van der Waals surface area contributed by atoms with Crippen LogP contribution < -0.4 is 0 Å². The quantitative estimate of drug-likeness (QED) is 0.456. The highest BCUT2D eigenvalue weighted by Crippen LogP contribution is 2.20. The molecule has 2 aliphatic rings. The van der Waals surface area contributed by atoms with E-state index in [0.29, 0.717) is 0 Å². The van der Waals surface area contributed by atoms with E-state index in [2.05, 4.69) is 9.68 Å². The largest absolute Gasteiger partial charge is 0.560 e. The van der Waals surface area contributed by atoms with Gasteiger partial charge in [-0.05, 0) is 0 Å². The molecule has 2 fully saturated rings. The highest BCUT2D eigenvalue weighted by atomic mass is 32.2. The number of imide groups is 2. The van der Waals surface area contributed by atoms with E-state index in [1.54, 1.807) is 0 Å². The molecule has 0 aliphatic carbocycles. The van der Waals surface area contributed by atoms with Gasteiger partial charge in [-0.2, -0.15) is 13.2 Å². The summed E-state index contributed by atoms with van der Waals surface area (Å²) in [6.07, 6.45) is -3.05. The first-order valence-electron chi connectivity index (χ1n) is 5.70. The fraction of sp³-hybridized carbons (Fsp3) is 0.444. The maximum atomic E-state index is 11.5. The fourth-order valence-electron chi connectivity index (χ4n) is 1.73. The third-order valence-corrected chi connectivity index (χ3v) is 3.85. The van der Waals surface area contributed by atoms with Crippen LogP contribution in [-0.2, 0) is 39.0 Å². The van der Waals surface area contributed by atoms with E-state index in [4.69, 9.17) is 4.55 Å². The topological polar surface area (TPSA) is 165 Å². The van der Waals surface area contributed by atoms with Crippen molar-refractivity contribution < 1.29 is 46.6 Å². The van der Waals surface area contributed by atoms with Crippen LogP contribution in [0.25, 0.3) is 0 Å². The first-order chi connectivity index (χ1) is 10.1. The van der Waals surface area contributed by atoms with Crippen LogP contribution in [0.1, 0.15) is 19.3 Å². The van der Waals surface area contributed by atoms with E-state index in [1.165, 1.54) is 0 Å². The highest BCUT2D eigenvalue weighted by molar-refractivity contribution is 7.87. The summed E-state index contributed by atoms with van der Waals surface area (Å²) in [7, 11) is -4.86. The van der Waals surface area contributed by atoms with Crippen molar-refractivity contribution in [3.05, 3.63) is 0 Å². The fourth-order valence-corrected chi connectivity index (χ4v) is 2.44. The van der Waals surface area contributed by atoms with Gasteiger partial charge in [0.25, 0.3) is 33.7 Å². The molecule has 2 heterocycles. The standard InChI is InChI=1S/C9H8N2O10S/c12-5-1-2-6(13)10(5)20-9(16)21-11-7(14)3-4(8(11)15)22(17,18)19/h4H,1-3H2,(H,17,18,19). The Morgan fingerprint density at radius 1 is 1.00 bits per heavy atom. The van der Waals surface area contributed by atoms with Crippen molar-refractivity contribution in [3.8, 4) is 0 Å². The Labute approximate surface area is 122 Å². The van der Waals surface area contributed by atoms with Crippen LogP contribution in [0, 0.1) is 0 Å². The van der Waals surface area contributed by atoms with Gasteiger partial charge in [-0.3, -0.25) is 33.4 Å². The van der Waals surface area contributed by atoms with Gasteiger partial charge in [0.15, 0.2) is 5.25 Å². The van der Waals surface area contributed by atoms with E-state index >= 15 is 0 Å². The molecule has 2 rings (SSSR count). The monoisotopic (exact) mass is 336 g/mol. The van der Waals surface area contributed by atoms with Crippen LogP contribution in [0.5, 0.6) is 0 Å². The summed E-state index contributed by atoms with van der Waals surface area (Å²) in [4.78, 5) is 65.1. The maximum Gasteiger partial charge on any atom is 0.560 e. The lowest BCUT2D eigenvalue weighted by atomic mass is 10.4. The molecular formula is C9H8N2O10S. The smallest absolute Gasteiger partial charge is 0.293 e. The molecule has 0 bridgehead atoms. The molecule has 120 valence electrons. The van der Waals surface area contributed by atoms with Crippen molar-refractivity contribution >= 4 is 39.9 Å². The summed E-state index contributed by atoms with van der Waals surface area (Å²) < 4.78 is 30.5.